The Bertz CT molecular complexity index is 936. The molecule has 7 heteroatoms. The van der Waals surface area contributed by atoms with Crippen LogP contribution in [0.2, 0.25) is 0 Å². The van der Waals surface area contributed by atoms with Crippen LogP contribution in [0.1, 0.15) is 48.0 Å². The van der Waals surface area contributed by atoms with Crippen molar-refractivity contribution < 1.29 is 9.90 Å². The molecule has 4 N–H and O–H groups in total. The van der Waals surface area contributed by atoms with E-state index in [1.165, 1.54) is 12.8 Å². The summed E-state index contributed by atoms with van der Waals surface area (Å²) >= 11 is 0. The summed E-state index contributed by atoms with van der Waals surface area (Å²) in [5.41, 5.74) is 2.95. The molecule has 156 valence electrons. The number of nitrogens with one attached hydrogen (secondary N) is 3. The minimum Gasteiger partial charge on any atom is -0.390 e. The van der Waals surface area contributed by atoms with Gasteiger partial charge in [-0.3, -0.25) is 4.79 Å². The van der Waals surface area contributed by atoms with Crippen LogP contribution in [-0.4, -0.2) is 58.7 Å². The summed E-state index contributed by atoms with van der Waals surface area (Å²) in [4.78, 5) is 22.6. The third kappa shape index (κ3) is 3.11. The SMILES string of the molecule is CNC(=O)c1cnc2[nH]cc(CN(C)C)c2c1NC1[C@@H]2CC3C[C@H]1CC(O)(C3)C2. The molecular formula is C22H31N5O2. The van der Waals surface area contributed by atoms with E-state index in [0.29, 0.717) is 29.4 Å². The Labute approximate surface area is 171 Å². The molecule has 6 rings (SSSR count). The number of hydrogen-bond donors (Lipinski definition) is 4. The summed E-state index contributed by atoms with van der Waals surface area (Å²) in [7, 11) is 5.74. The van der Waals surface area contributed by atoms with Gasteiger partial charge in [-0.25, -0.2) is 4.98 Å². The third-order valence-corrected chi connectivity index (χ3v) is 7.29. The fourth-order valence-corrected chi connectivity index (χ4v) is 6.47. The summed E-state index contributed by atoms with van der Waals surface area (Å²) in [6, 6.07) is 0.294. The first-order valence-corrected chi connectivity index (χ1v) is 10.7. The molecule has 5 atom stereocenters. The lowest BCUT2D eigenvalue weighted by Crippen LogP contribution is -2.59. The number of H-pyrrole nitrogens is 1. The van der Waals surface area contributed by atoms with E-state index in [0.717, 1.165) is 48.1 Å². The van der Waals surface area contributed by atoms with Crippen LogP contribution in [-0.2, 0) is 6.54 Å². The van der Waals surface area contributed by atoms with Crippen molar-refractivity contribution in [3.63, 3.8) is 0 Å². The second kappa shape index (κ2) is 6.71. The van der Waals surface area contributed by atoms with E-state index in [1.807, 2.05) is 20.3 Å². The van der Waals surface area contributed by atoms with Crippen LogP contribution in [0.25, 0.3) is 11.0 Å². The average molecular weight is 398 g/mol. The smallest absolute Gasteiger partial charge is 0.254 e. The predicted molar refractivity (Wildman–Crippen MR) is 113 cm³/mol. The van der Waals surface area contributed by atoms with Crippen molar-refractivity contribution >= 4 is 22.6 Å². The van der Waals surface area contributed by atoms with Crippen molar-refractivity contribution in [1.82, 2.24) is 20.2 Å². The molecule has 4 saturated carbocycles. The van der Waals surface area contributed by atoms with Crippen molar-refractivity contribution in [2.75, 3.05) is 26.5 Å². The summed E-state index contributed by atoms with van der Waals surface area (Å²) in [5.74, 6) is 1.45. The molecule has 4 bridgehead atoms. The standard InChI is InChI=1S/C22H31N5O2/c1-23-21(28)16-10-25-20-17(15(9-24-20)11-27(2)3)19(16)26-18-13-4-12-5-14(18)8-22(29,6-12)7-13/h9-10,12-14,18,29H,4-8,11H2,1-3H3,(H,23,28)(H2,24,25,26)/t12?,13-,14+,18?,22?. The monoisotopic (exact) mass is 397 g/mol. The Morgan fingerprint density at radius 1 is 1.31 bits per heavy atom. The van der Waals surface area contributed by atoms with Crippen molar-refractivity contribution in [2.45, 2.75) is 50.3 Å². The van der Waals surface area contributed by atoms with E-state index < -0.39 is 5.60 Å². The van der Waals surface area contributed by atoms with Gasteiger partial charge < -0.3 is 25.6 Å². The zero-order chi connectivity index (χ0) is 20.3. The molecule has 4 aliphatic rings. The highest BCUT2D eigenvalue weighted by atomic mass is 16.3. The first-order valence-electron chi connectivity index (χ1n) is 10.7. The molecule has 0 aromatic carbocycles. The van der Waals surface area contributed by atoms with E-state index in [-0.39, 0.29) is 5.91 Å². The van der Waals surface area contributed by atoms with E-state index in [9.17, 15) is 9.90 Å². The number of nitrogens with zero attached hydrogens (tertiary/aromatic N) is 2. The zero-order valence-electron chi connectivity index (χ0n) is 17.5. The number of amides is 1. The first kappa shape index (κ1) is 18.9. The fourth-order valence-electron chi connectivity index (χ4n) is 6.47. The molecule has 0 saturated heterocycles. The number of carbonyl (C=O) groups excluding carboxylic acids is 1. The van der Waals surface area contributed by atoms with Crippen LogP contribution < -0.4 is 10.6 Å². The Morgan fingerprint density at radius 2 is 2.03 bits per heavy atom. The Hall–Kier alpha value is -2.12. The maximum atomic E-state index is 12.7. The zero-order valence-corrected chi connectivity index (χ0v) is 17.5. The number of rotatable bonds is 5. The molecule has 7 nitrogen and oxygen atoms in total. The van der Waals surface area contributed by atoms with Crippen LogP contribution >= 0.6 is 0 Å². The summed E-state index contributed by atoms with van der Waals surface area (Å²) in [6.45, 7) is 0.771. The highest BCUT2D eigenvalue weighted by Crippen LogP contribution is 2.56. The third-order valence-electron chi connectivity index (χ3n) is 7.29. The Balaban J connectivity index is 1.58. The maximum absolute atomic E-state index is 12.7. The van der Waals surface area contributed by atoms with Crippen molar-refractivity contribution in [3.8, 4) is 0 Å². The summed E-state index contributed by atoms with van der Waals surface area (Å²) in [6.07, 6.45) is 8.74. The highest BCUT2D eigenvalue weighted by molar-refractivity contribution is 6.07. The van der Waals surface area contributed by atoms with E-state index >= 15 is 0 Å². The van der Waals surface area contributed by atoms with Gasteiger partial charge in [0, 0.05) is 37.4 Å². The predicted octanol–water partition coefficient (Wildman–Crippen LogP) is 2.34. The molecule has 2 aromatic rings. The summed E-state index contributed by atoms with van der Waals surface area (Å²) < 4.78 is 0. The molecule has 4 fully saturated rings. The quantitative estimate of drug-likeness (QED) is 0.621. The largest absolute Gasteiger partial charge is 0.390 e. The molecule has 3 unspecified atom stereocenters. The second-order valence-electron chi connectivity index (χ2n) is 9.77. The van der Waals surface area contributed by atoms with Crippen molar-refractivity contribution in [2.24, 2.45) is 17.8 Å². The van der Waals surface area contributed by atoms with Crippen LogP contribution in [0.15, 0.2) is 12.4 Å². The van der Waals surface area contributed by atoms with Crippen LogP contribution in [0.5, 0.6) is 0 Å². The molecular weight excluding hydrogens is 366 g/mol. The number of aliphatic hydroxyl groups is 1. The number of aromatic nitrogens is 2. The van der Waals surface area contributed by atoms with Crippen LogP contribution in [0.4, 0.5) is 5.69 Å². The van der Waals surface area contributed by atoms with Gasteiger partial charge in [0.2, 0.25) is 0 Å². The lowest BCUT2D eigenvalue weighted by molar-refractivity contribution is -0.129. The topological polar surface area (TPSA) is 93.3 Å². The normalized spacial score (nSPS) is 32.9. The van der Waals surface area contributed by atoms with Gasteiger partial charge in [-0.1, -0.05) is 0 Å². The molecule has 0 aliphatic heterocycles. The molecule has 0 spiro atoms. The van der Waals surface area contributed by atoms with Gasteiger partial charge in [0.15, 0.2) is 0 Å². The Kier molecular flexibility index (Phi) is 4.37. The van der Waals surface area contributed by atoms with E-state index in [1.54, 1.807) is 13.2 Å². The number of pyridine rings is 1. The van der Waals surface area contributed by atoms with Crippen molar-refractivity contribution in [1.29, 1.82) is 0 Å². The molecule has 4 aliphatic carbocycles. The molecule has 2 aromatic heterocycles. The molecule has 2 heterocycles. The number of carbonyl (C=O) groups is 1. The van der Waals surface area contributed by atoms with E-state index in [2.05, 4.69) is 25.5 Å². The van der Waals surface area contributed by atoms with Gasteiger partial charge >= 0.3 is 0 Å². The second-order valence-corrected chi connectivity index (χ2v) is 9.77. The van der Waals surface area contributed by atoms with Crippen LogP contribution in [0, 0.1) is 17.8 Å². The molecule has 0 radical (unpaired) electrons. The number of hydrogen-bond acceptors (Lipinski definition) is 5. The summed E-state index contributed by atoms with van der Waals surface area (Å²) in [5, 5.41) is 18.5. The van der Waals surface area contributed by atoms with Crippen LogP contribution in [0.3, 0.4) is 0 Å². The van der Waals surface area contributed by atoms with Gasteiger partial charge in [-0.2, -0.15) is 0 Å². The molecule has 1 amide bonds. The van der Waals surface area contributed by atoms with Gasteiger partial charge in [-0.15, -0.1) is 0 Å². The van der Waals surface area contributed by atoms with E-state index in [4.69, 9.17) is 0 Å². The average Bonchev–Trinajstić information content (AvgIpc) is 3.05. The van der Waals surface area contributed by atoms with Crippen molar-refractivity contribution in [3.05, 3.63) is 23.5 Å². The Morgan fingerprint density at radius 3 is 2.66 bits per heavy atom. The highest BCUT2D eigenvalue weighted by Gasteiger charge is 2.54. The fraction of sp³-hybridized carbons (Fsp3) is 0.636. The number of anilines is 1. The maximum Gasteiger partial charge on any atom is 0.254 e. The minimum atomic E-state index is -0.462. The number of aromatic amines is 1. The van der Waals surface area contributed by atoms with Gasteiger partial charge in [0.05, 0.1) is 16.9 Å². The van der Waals surface area contributed by atoms with Gasteiger partial charge in [0.25, 0.3) is 5.91 Å². The number of fused-ring (bicyclic) bond motifs is 1. The first-order chi connectivity index (χ1) is 13.9. The minimum absolute atomic E-state index is 0.124. The molecule has 29 heavy (non-hydrogen) atoms. The van der Waals surface area contributed by atoms with Gasteiger partial charge in [-0.05, 0) is 69.5 Å². The lowest BCUT2D eigenvalue weighted by Gasteiger charge is -2.58. The van der Waals surface area contributed by atoms with Gasteiger partial charge in [0.1, 0.15) is 5.65 Å². The lowest BCUT2D eigenvalue weighted by atomic mass is 9.52.